The second-order valence-corrected chi connectivity index (χ2v) is 7.54. The molecule has 5 heteroatoms. The third kappa shape index (κ3) is 6.21. The molecule has 3 rings (SSSR count). The fourth-order valence-corrected chi connectivity index (χ4v) is 3.39. The third-order valence-electron chi connectivity index (χ3n) is 4.72. The van der Waals surface area contributed by atoms with Gasteiger partial charge in [0.1, 0.15) is 5.82 Å². The summed E-state index contributed by atoms with van der Waals surface area (Å²) in [5.41, 5.74) is 5.39. The second kappa shape index (κ2) is 10.3. The molecule has 152 valence electrons. The van der Waals surface area contributed by atoms with E-state index in [1.165, 1.54) is 17.2 Å². The van der Waals surface area contributed by atoms with E-state index in [1.54, 1.807) is 19.2 Å². The Kier molecular flexibility index (Phi) is 7.50. The lowest BCUT2D eigenvalue weighted by atomic mass is 10.0. The maximum absolute atomic E-state index is 13.4. The summed E-state index contributed by atoms with van der Waals surface area (Å²) in [4.78, 5) is 0. The minimum atomic E-state index is -0.406. The van der Waals surface area contributed by atoms with Crippen LogP contribution in [0.3, 0.4) is 0 Å². The van der Waals surface area contributed by atoms with Crippen LogP contribution >= 0.6 is 11.6 Å². The van der Waals surface area contributed by atoms with Crippen molar-refractivity contribution in [1.82, 2.24) is 0 Å². The number of anilines is 2. The van der Waals surface area contributed by atoms with Crippen LogP contribution in [0.1, 0.15) is 16.7 Å². The summed E-state index contributed by atoms with van der Waals surface area (Å²) in [6, 6.07) is 21.5. The van der Waals surface area contributed by atoms with Crippen LogP contribution in [0.25, 0.3) is 0 Å². The molecule has 3 aromatic rings. The first-order valence-electron chi connectivity index (χ1n) is 9.63. The number of nitrogens with one attached hydrogen (secondary N) is 2. The Hall–Kier alpha value is -2.56. The van der Waals surface area contributed by atoms with Crippen LogP contribution in [0.15, 0.2) is 66.7 Å². The number of para-hydroxylation sites is 2. The molecular formula is C24H26ClFN2O. The van der Waals surface area contributed by atoms with Crippen molar-refractivity contribution < 1.29 is 9.13 Å². The van der Waals surface area contributed by atoms with Gasteiger partial charge in [0.15, 0.2) is 0 Å². The van der Waals surface area contributed by atoms with Crippen molar-refractivity contribution in [3.63, 3.8) is 0 Å². The van der Waals surface area contributed by atoms with Crippen molar-refractivity contribution >= 4 is 23.0 Å². The molecule has 0 aromatic heterocycles. The van der Waals surface area contributed by atoms with Crippen LogP contribution < -0.4 is 10.6 Å². The Bertz CT molecular complexity index is 930. The number of benzene rings is 3. The smallest absolute Gasteiger partial charge is 0.141 e. The predicted octanol–water partition coefficient (Wildman–Crippen LogP) is 6.07. The normalized spacial score (nSPS) is 11.9. The molecule has 0 aliphatic rings. The van der Waals surface area contributed by atoms with Crippen molar-refractivity contribution in [2.45, 2.75) is 25.9 Å². The van der Waals surface area contributed by atoms with Crippen molar-refractivity contribution in [2.75, 3.05) is 24.4 Å². The second-order valence-electron chi connectivity index (χ2n) is 7.13. The summed E-state index contributed by atoms with van der Waals surface area (Å²) in [5, 5.41) is 7.14. The Labute approximate surface area is 176 Å². The molecule has 0 amide bonds. The lowest BCUT2D eigenvalue weighted by molar-refractivity contribution is 0.185. The van der Waals surface area contributed by atoms with Gasteiger partial charge in [-0.1, -0.05) is 59.6 Å². The van der Waals surface area contributed by atoms with Gasteiger partial charge in [-0.3, -0.25) is 0 Å². The van der Waals surface area contributed by atoms with Crippen LogP contribution in [0.5, 0.6) is 0 Å². The van der Waals surface area contributed by atoms with E-state index >= 15 is 0 Å². The fraction of sp³-hybridized carbons (Fsp3) is 0.250. The zero-order valence-corrected chi connectivity index (χ0v) is 17.5. The molecule has 0 spiro atoms. The maximum Gasteiger partial charge on any atom is 0.141 e. The van der Waals surface area contributed by atoms with E-state index in [1.807, 2.05) is 24.3 Å². The third-order valence-corrected chi connectivity index (χ3v) is 5.01. The zero-order valence-electron chi connectivity index (χ0n) is 16.7. The van der Waals surface area contributed by atoms with Crippen LogP contribution in [0.4, 0.5) is 15.8 Å². The van der Waals surface area contributed by atoms with E-state index < -0.39 is 5.82 Å². The van der Waals surface area contributed by atoms with Crippen molar-refractivity contribution in [1.29, 1.82) is 0 Å². The molecule has 0 fully saturated rings. The van der Waals surface area contributed by atoms with Gasteiger partial charge in [-0.25, -0.2) is 4.39 Å². The summed E-state index contributed by atoms with van der Waals surface area (Å²) in [5.74, 6) is -0.406. The van der Waals surface area contributed by atoms with E-state index in [9.17, 15) is 4.39 Å². The summed E-state index contributed by atoms with van der Waals surface area (Å²) in [7, 11) is 1.71. The molecule has 0 heterocycles. The highest BCUT2D eigenvalue weighted by atomic mass is 35.5. The molecule has 3 nitrogen and oxygen atoms in total. The highest BCUT2D eigenvalue weighted by molar-refractivity contribution is 6.30. The van der Waals surface area contributed by atoms with E-state index in [2.05, 4.69) is 41.8 Å². The molecule has 0 bridgehead atoms. The minimum Gasteiger partial charge on any atom is -0.383 e. The average molecular weight is 413 g/mol. The topological polar surface area (TPSA) is 33.3 Å². The predicted molar refractivity (Wildman–Crippen MR) is 119 cm³/mol. The van der Waals surface area contributed by atoms with E-state index in [-0.39, 0.29) is 11.1 Å². The van der Waals surface area contributed by atoms with Gasteiger partial charge in [-0.15, -0.1) is 0 Å². The molecular weight excluding hydrogens is 387 g/mol. The molecule has 3 aromatic carbocycles. The van der Waals surface area contributed by atoms with Gasteiger partial charge in [0.25, 0.3) is 0 Å². The Morgan fingerprint density at radius 3 is 2.34 bits per heavy atom. The highest BCUT2D eigenvalue weighted by Gasteiger charge is 2.12. The van der Waals surface area contributed by atoms with Crippen molar-refractivity contribution in [3.05, 3.63) is 94.3 Å². The van der Waals surface area contributed by atoms with Gasteiger partial charge in [0.05, 0.1) is 29.0 Å². The number of aryl methyl sites for hydroxylation is 1. The van der Waals surface area contributed by atoms with E-state index in [4.69, 9.17) is 16.3 Å². The zero-order chi connectivity index (χ0) is 20.6. The number of rotatable bonds is 9. The highest BCUT2D eigenvalue weighted by Crippen LogP contribution is 2.24. The fourth-order valence-electron chi connectivity index (χ4n) is 3.19. The summed E-state index contributed by atoms with van der Waals surface area (Å²) in [6.07, 6.45) is 0.857. The number of ether oxygens (including phenoxy) is 1. The number of hydrogen-bond donors (Lipinski definition) is 2. The molecule has 1 unspecified atom stereocenters. The van der Waals surface area contributed by atoms with Gasteiger partial charge < -0.3 is 15.4 Å². The molecule has 0 saturated carbocycles. The summed E-state index contributed by atoms with van der Waals surface area (Å²) < 4.78 is 18.8. The molecule has 1 atom stereocenters. The lowest BCUT2D eigenvalue weighted by Gasteiger charge is -2.22. The first kappa shape index (κ1) is 21.2. The van der Waals surface area contributed by atoms with Crippen molar-refractivity contribution in [2.24, 2.45) is 0 Å². The first-order valence-corrected chi connectivity index (χ1v) is 10.0. The standard InChI is InChI=1S/C24H26ClFN2O/c1-17-7-9-18(10-8-17)13-20(16-29-2)28-24-6-4-3-5-23(24)27-15-19-11-12-22(26)21(25)14-19/h3-12,14,20,27-28H,13,15-16H2,1-2H3. The SMILES string of the molecule is COCC(Cc1ccc(C)cc1)Nc1ccccc1NCc1ccc(F)c(Cl)c1. The van der Waals surface area contributed by atoms with Gasteiger partial charge in [0.2, 0.25) is 0 Å². The Balaban J connectivity index is 1.70. The monoisotopic (exact) mass is 412 g/mol. The molecule has 0 aliphatic heterocycles. The maximum atomic E-state index is 13.4. The quantitative estimate of drug-likeness (QED) is 0.447. The van der Waals surface area contributed by atoms with Gasteiger partial charge >= 0.3 is 0 Å². The average Bonchev–Trinajstić information content (AvgIpc) is 2.72. The first-order chi connectivity index (χ1) is 14.0. The van der Waals surface area contributed by atoms with Crippen LogP contribution in [0, 0.1) is 12.7 Å². The summed E-state index contributed by atoms with van der Waals surface area (Å²) >= 11 is 5.89. The number of hydrogen-bond acceptors (Lipinski definition) is 3. The van der Waals surface area contributed by atoms with Crippen molar-refractivity contribution in [3.8, 4) is 0 Å². The molecule has 0 aliphatic carbocycles. The molecule has 29 heavy (non-hydrogen) atoms. The van der Waals surface area contributed by atoms with Crippen LogP contribution in [-0.4, -0.2) is 19.8 Å². The molecule has 0 radical (unpaired) electrons. The van der Waals surface area contributed by atoms with E-state index in [0.717, 1.165) is 23.4 Å². The van der Waals surface area contributed by atoms with E-state index in [0.29, 0.717) is 13.2 Å². The van der Waals surface area contributed by atoms with Gasteiger partial charge in [-0.05, 0) is 48.7 Å². The van der Waals surface area contributed by atoms with Crippen LogP contribution in [0.2, 0.25) is 5.02 Å². The summed E-state index contributed by atoms with van der Waals surface area (Å²) in [6.45, 7) is 3.23. The number of methoxy groups -OCH3 is 1. The molecule has 2 N–H and O–H groups in total. The largest absolute Gasteiger partial charge is 0.383 e. The Morgan fingerprint density at radius 2 is 1.66 bits per heavy atom. The van der Waals surface area contributed by atoms with Gasteiger partial charge in [0, 0.05) is 13.7 Å². The Morgan fingerprint density at radius 1 is 0.966 bits per heavy atom. The number of halogens is 2. The van der Waals surface area contributed by atoms with Crippen LogP contribution in [-0.2, 0) is 17.7 Å². The molecule has 0 saturated heterocycles. The van der Waals surface area contributed by atoms with Gasteiger partial charge in [-0.2, -0.15) is 0 Å². The lowest BCUT2D eigenvalue weighted by Crippen LogP contribution is -2.28. The minimum absolute atomic E-state index is 0.130.